The molecule has 2 N–H and O–H groups in total. The Morgan fingerprint density at radius 2 is 2.32 bits per heavy atom. The Labute approximate surface area is 137 Å². The molecule has 0 saturated carbocycles. The molecule has 4 nitrogen and oxygen atoms in total. The van der Waals surface area contributed by atoms with Gasteiger partial charge in [-0.2, -0.15) is 0 Å². The highest BCUT2D eigenvalue weighted by Gasteiger charge is 2.25. The van der Waals surface area contributed by atoms with Gasteiger partial charge in [0.25, 0.3) is 0 Å². The van der Waals surface area contributed by atoms with Gasteiger partial charge >= 0.3 is 0 Å². The zero-order valence-corrected chi connectivity index (χ0v) is 14.1. The molecule has 0 aliphatic carbocycles. The molecule has 5 heteroatoms. The molecule has 0 aromatic heterocycles. The minimum absolute atomic E-state index is 0.0825. The molecule has 0 radical (unpaired) electrons. The maximum Gasteiger partial charge on any atom is 0.224 e. The highest BCUT2D eigenvalue weighted by atomic mass is 35.5. The third kappa shape index (κ3) is 4.62. The summed E-state index contributed by atoms with van der Waals surface area (Å²) in [6.45, 7) is 3.51. The van der Waals surface area contributed by atoms with E-state index in [1.54, 1.807) is 7.11 Å². The van der Waals surface area contributed by atoms with Crippen LogP contribution in [0.2, 0.25) is 5.02 Å². The van der Waals surface area contributed by atoms with Crippen molar-refractivity contribution >= 4 is 17.5 Å². The number of methoxy groups -OCH3 is 1. The number of carbonyl (C=O) groups excluding carboxylic acids is 1. The second-order valence-electron chi connectivity index (χ2n) is 6.19. The van der Waals surface area contributed by atoms with Crippen molar-refractivity contribution in [2.75, 3.05) is 20.2 Å². The van der Waals surface area contributed by atoms with E-state index in [1.807, 2.05) is 30.0 Å². The molecule has 1 saturated heterocycles. The SMILES string of the molecule is COc1ccc(Cl)cc1CC1CCCN(C(=O)CC(C)N)C1. The molecule has 22 heavy (non-hydrogen) atoms. The van der Waals surface area contributed by atoms with Crippen molar-refractivity contribution in [1.82, 2.24) is 4.90 Å². The van der Waals surface area contributed by atoms with E-state index < -0.39 is 0 Å². The van der Waals surface area contributed by atoms with E-state index in [2.05, 4.69) is 0 Å². The van der Waals surface area contributed by atoms with Crippen molar-refractivity contribution in [2.45, 2.75) is 38.6 Å². The highest BCUT2D eigenvalue weighted by Crippen LogP contribution is 2.28. The van der Waals surface area contributed by atoms with Crippen molar-refractivity contribution < 1.29 is 9.53 Å². The predicted octanol–water partition coefficient (Wildman–Crippen LogP) is 2.87. The summed E-state index contributed by atoms with van der Waals surface area (Å²) in [6, 6.07) is 5.62. The summed E-state index contributed by atoms with van der Waals surface area (Å²) in [5, 5.41) is 0.719. The van der Waals surface area contributed by atoms with Crippen LogP contribution in [-0.4, -0.2) is 37.0 Å². The van der Waals surface area contributed by atoms with Gasteiger partial charge in [0, 0.05) is 30.6 Å². The van der Waals surface area contributed by atoms with Crippen LogP contribution in [0, 0.1) is 5.92 Å². The van der Waals surface area contributed by atoms with E-state index in [9.17, 15) is 4.79 Å². The Hall–Kier alpha value is -1.26. The zero-order chi connectivity index (χ0) is 16.1. The number of likely N-dealkylation sites (tertiary alicyclic amines) is 1. The lowest BCUT2D eigenvalue weighted by molar-refractivity contribution is -0.133. The summed E-state index contributed by atoms with van der Waals surface area (Å²) < 4.78 is 5.41. The predicted molar refractivity (Wildman–Crippen MR) is 89.3 cm³/mol. The second-order valence-corrected chi connectivity index (χ2v) is 6.63. The first kappa shape index (κ1) is 17.1. The largest absolute Gasteiger partial charge is 0.496 e. The Morgan fingerprint density at radius 3 is 3.00 bits per heavy atom. The van der Waals surface area contributed by atoms with Gasteiger partial charge in [0.15, 0.2) is 0 Å². The van der Waals surface area contributed by atoms with Crippen molar-refractivity contribution in [3.05, 3.63) is 28.8 Å². The Balaban J connectivity index is 2.01. The Bertz CT molecular complexity index is 519. The summed E-state index contributed by atoms with van der Waals surface area (Å²) in [4.78, 5) is 14.1. The normalized spacial score (nSPS) is 19.8. The summed E-state index contributed by atoms with van der Waals surface area (Å²) in [5.74, 6) is 1.47. The zero-order valence-electron chi connectivity index (χ0n) is 13.3. The standard InChI is InChI=1S/C17H25ClN2O2/c1-12(19)8-17(21)20-7-3-4-13(11-20)9-14-10-15(18)5-6-16(14)22-2/h5-6,10,12-13H,3-4,7-9,11,19H2,1-2H3. The molecule has 1 aromatic carbocycles. The number of halogens is 1. The number of nitrogens with two attached hydrogens (primary N) is 1. The number of hydrogen-bond donors (Lipinski definition) is 1. The number of carbonyl (C=O) groups is 1. The first-order valence-corrected chi connectivity index (χ1v) is 8.23. The van der Waals surface area contributed by atoms with Crippen LogP contribution in [0.15, 0.2) is 18.2 Å². The van der Waals surface area contributed by atoms with Gasteiger partial charge in [-0.25, -0.2) is 0 Å². The minimum atomic E-state index is -0.0825. The fourth-order valence-corrected chi connectivity index (χ4v) is 3.28. The molecular weight excluding hydrogens is 300 g/mol. The van der Waals surface area contributed by atoms with E-state index in [0.717, 1.165) is 48.7 Å². The summed E-state index contributed by atoms with van der Waals surface area (Å²) in [6.07, 6.45) is 3.47. The van der Waals surface area contributed by atoms with E-state index in [0.29, 0.717) is 12.3 Å². The third-order valence-electron chi connectivity index (χ3n) is 4.12. The van der Waals surface area contributed by atoms with Gasteiger partial charge < -0.3 is 15.4 Å². The van der Waals surface area contributed by atoms with Crippen LogP contribution in [0.3, 0.4) is 0 Å². The molecule has 2 atom stereocenters. The van der Waals surface area contributed by atoms with Crippen LogP contribution in [0.5, 0.6) is 5.75 Å². The lowest BCUT2D eigenvalue weighted by Gasteiger charge is -2.33. The molecule has 0 bridgehead atoms. The number of benzene rings is 1. The quantitative estimate of drug-likeness (QED) is 0.906. The van der Waals surface area contributed by atoms with Crippen LogP contribution in [0.1, 0.15) is 31.7 Å². The summed E-state index contributed by atoms with van der Waals surface area (Å²) >= 11 is 6.09. The Morgan fingerprint density at radius 1 is 1.55 bits per heavy atom. The van der Waals surface area contributed by atoms with E-state index >= 15 is 0 Å². The second kappa shape index (κ2) is 7.84. The summed E-state index contributed by atoms with van der Waals surface area (Å²) in [5.41, 5.74) is 6.85. The van der Waals surface area contributed by atoms with E-state index in [4.69, 9.17) is 22.1 Å². The molecular formula is C17H25ClN2O2. The number of amides is 1. The first-order valence-electron chi connectivity index (χ1n) is 7.85. The molecule has 1 aliphatic heterocycles. The fraction of sp³-hybridized carbons (Fsp3) is 0.588. The monoisotopic (exact) mass is 324 g/mol. The smallest absolute Gasteiger partial charge is 0.224 e. The maximum atomic E-state index is 12.2. The summed E-state index contributed by atoms with van der Waals surface area (Å²) in [7, 11) is 1.67. The molecule has 1 fully saturated rings. The maximum absolute atomic E-state index is 12.2. The van der Waals surface area contributed by atoms with Crippen LogP contribution >= 0.6 is 11.6 Å². The van der Waals surface area contributed by atoms with Crippen LogP contribution in [0.25, 0.3) is 0 Å². The number of rotatable bonds is 5. The van der Waals surface area contributed by atoms with Crippen LogP contribution in [-0.2, 0) is 11.2 Å². The fourth-order valence-electron chi connectivity index (χ4n) is 3.08. The number of nitrogens with zero attached hydrogens (tertiary/aromatic N) is 1. The molecule has 1 amide bonds. The van der Waals surface area contributed by atoms with Gasteiger partial charge in [-0.15, -0.1) is 0 Å². The molecule has 122 valence electrons. The van der Waals surface area contributed by atoms with Gasteiger partial charge in [0.05, 0.1) is 7.11 Å². The number of ether oxygens (including phenoxy) is 1. The number of piperidine rings is 1. The first-order chi connectivity index (χ1) is 10.5. The van der Waals surface area contributed by atoms with Gasteiger partial charge in [0.2, 0.25) is 5.91 Å². The lowest BCUT2D eigenvalue weighted by Crippen LogP contribution is -2.42. The average molecular weight is 325 g/mol. The number of hydrogen-bond acceptors (Lipinski definition) is 3. The topological polar surface area (TPSA) is 55.6 Å². The Kier molecular flexibility index (Phi) is 6.09. The van der Waals surface area contributed by atoms with Crippen molar-refractivity contribution in [1.29, 1.82) is 0 Å². The molecule has 1 heterocycles. The van der Waals surface area contributed by atoms with Gasteiger partial charge in [-0.3, -0.25) is 4.79 Å². The molecule has 0 spiro atoms. The minimum Gasteiger partial charge on any atom is -0.496 e. The highest BCUT2D eigenvalue weighted by molar-refractivity contribution is 6.30. The van der Waals surface area contributed by atoms with Gasteiger partial charge in [-0.05, 0) is 55.9 Å². The van der Waals surface area contributed by atoms with E-state index in [1.165, 1.54) is 0 Å². The lowest BCUT2D eigenvalue weighted by atomic mass is 9.90. The molecule has 2 unspecified atom stereocenters. The van der Waals surface area contributed by atoms with Gasteiger partial charge in [-0.1, -0.05) is 11.6 Å². The van der Waals surface area contributed by atoms with Crippen molar-refractivity contribution in [3.8, 4) is 5.75 Å². The molecule has 1 aliphatic rings. The van der Waals surface area contributed by atoms with Crippen LogP contribution in [0.4, 0.5) is 0 Å². The molecule has 2 rings (SSSR count). The van der Waals surface area contributed by atoms with Crippen molar-refractivity contribution in [3.63, 3.8) is 0 Å². The van der Waals surface area contributed by atoms with E-state index in [-0.39, 0.29) is 11.9 Å². The van der Waals surface area contributed by atoms with Crippen molar-refractivity contribution in [2.24, 2.45) is 11.7 Å². The van der Waals surface area contributed by atoms with Crippen LogP contribution < -0.4 is 10.5 Å². The average Bonchev–Trinajstić information content (AvgIpc) is 2.47. The molecule has 1 aromatic rings. The van der Waals surface area contributed by atoms with Gasteiger partial charge in [0.1, 0.15) is 5.75 Å². The third-order valence-corrected chi connectivity index (χ3v) is 4.35.